The Morgan fingerprint density at radius 1 is 1.36 bits per heavy atom. The molecule has 2 unspecified atom stereocenters. The number of nitrogens with zero attached hydrogens (tertiary/aromatic N) is 1. The molecule has 0 N–H and O–H groups in total. The van der Waals surface area contributed by atoms with Crippen molar-refractivity contribution < 1.29 is 4.74 Å². The van der Waals surface area contributed by atoms with Crippen molar-refractivity contribution in [1.29, 1.82) is 5.26 Å². The molecule has 11 heavy (non-hydrogen) atoms. The number of ether oxygens (including phenoxy) is 1. The molecule has 1 aliphatic rings. The van der Waals surface area contributed by atoms with Gasteiger partial charge in [-0.15, -0.1) is 0 Å². The molecule has 0 aromatic rings. The van der Waals surface area contributed by atoms with Crippen LogP contribution in [0.15, 0.2) is 0 Å². The largest absolute Gasteiger partial charge is 0.380 e. The van der Waals surface area contributed by atoms with E-state index in [1.807, 2.05) is 0 Å². The van der Waals surface area contributed by atoms with E-state index in [9.17, 15) is 0 Å². The second kappa shape index (κ2) is 2.83. The van der Waals surface area contributed by atoms with Crippen LogP contribution in [0, 0.1) is 28.6 Å². The van der Waals surface area contributed by atoms with E-state index in [1.54, 1.807) is 0 Å². The quantitative estimate of drug-likeness (QED) is 0.531. The fourth-order valence-electron chi connectivity index (χ4n) is 1.54. The zero-order valence-corrected chi connectivity index (χ0v) is 7.42. The van der Waals surface area contributed by atoms with Gasteiger partial charge < -0.3 is 4.74 Å². The minimum atomic E-state index is 0.106. The van der Waals surface area contributed by atoms with Crippen LogP contribution in [-0.2, 0) is 4.74 Å². The van der Waals surface area contributed by atoms with Gasteiger partial charge in [0.1, 0.15) is 0 Å². The molecule has 1 saturated heterocycles. The first kappa shape index (κ1) is 8.55. The van der Waals surface area contributed by atoms with E-state index < -0.39 is 0 Å². The van der Waals surface area contributed by atoms with Crippen LogP contribution in [-0.4, -0.2) is 13.2 Å². The Hall–Kier alpha value is -0.550. The molecule has 1 rings (SSSR count). The summed E-state index contributed by atoms with van der Waals surface area (Å²) in [4.78, 5) is 0. The van der Waals surface area contributed by atoms with Crippen molar-refractivity contribution in [3.05, 3.63) is 0 Å². The molecule has 0 saturated carbocycles. The van der Waals surface area contributed by atoms with Crippen molar-refractivity contribution in [2.75, 3.05) is 13.2 Å². The molecular weight excluding hydrogens is 138 g/mol. The molecule has 62 valence electrons. The molecule has 0 amide bonds. The Bertz CT molecular complexity index is 175. The van der Waals surface area contributed by atoms with E-state index in [0.29, 0.717) is 12.5 Å². The molecule has 2 atom stereocenters. The molecule has 0 bridgehead atoms. The van der Waals surface area contributed by atoms with Gasteiger partial charge in [-0.05, 0) is 5.41 Å². The van der Waals surface area contributed by atoms with E-state index in [0.717, 1.165) is 6.61 Å². The predicted molar refractivity (Wildman–Crippen MR) is 42.9 cm³/mol. The fourth-order valence-corrected chi connectivity index (χ4v) is 1.54. The highest BCUT2D eigenvalue weighted by Gasteiger charge is 2.36. The Morgan fingerprint density at radius 2 is 2.00 bits per heavy atom. The molecule has 1 aliphatic heterocycles. The van der Waals surface area contributed by atoms with Gasteiger partial charge in [-0.2, -0.15) is 5.26 Å². The van der Waals surface area contributed by atoms with Crippen LogP contribution in [0.3, 0.4) is 0 Å². The number of nitriles is 1. The van der Waals surface area contributed by atoms with Crippen LogP contribution < -0.4 is 0 Å². The van der Waals surface area contributed by atoms with Gasteiger partial charge in [-0.1, -0.05) is 20.8 Å². The third-order valence-corrected chi connectivity index (χ3v) is 2.36. The van der Waals surface area contributed by atoms with Crippen LogP contribution in [0.5, 0.6) is 0 Å². The standard InChI is InChI=1S/C9H15NO/c1-9(2,3)8-6-11-5-7(8)4-10/h7-8H,5-6H2,1-3H3. The minimum absolute atomic E-state index is 0.106. The molecule has 2 heteroatoms. The summed E-state index contributed by atoms with van der Waals surface area (Å²) in [6.45, 7) is 7.87. The van der Waals surface area contributed by atoms with E-state index in [1.165, 1.54) is 0 Å². The Balaban J connectivity index is 2.66. The van der Waals surface area contributed by atoms with Crippen LogP contribution in [0.2, 0.25) is 0 Å². The SMILES string of the molecule is CC(C)(C)C1COCC1C#N. The van der Waals surface area contributed by atoms with Gasteiger partial charge in [-0.25, -0.2) is 0 Å². The van der Waals surface area contributed by atoms with Crippen molar-refractivity contribution in [2.24, 2.45) is 17.3 Å². The summed E-state index contributed by atoms with van der Waals surface area (Å²) in [7, 11) is 0. The van der Waals surface area contributed by atoms with Crippen molar-refractivity contribution in [3.8, 4) is 6.07 Å². The van der Waals surface area contributed by atoms with E-state index in [4.69, 9.17) is 10.00 Å². The third-order valence-electron chi connectivity index (χ3n) is 2.36. The lowest BCUT2D eigenvalue weighted by molar-refractivity contribution is 0.151. The van der Waals surface area contributed by atoms with Crippen molar-refractivity contribution in [1.82, 2.24) is 0 Å². The van der Waals surface area contributed by atoms with Crippen molar-refractivity contribution in [2.45, 2.75) is 20.8 Å². The lowest BCUT2D eigenvalue weighted by Gasteiger charge is -2.27. The van der Waals surface area contributed by atoms with Gasteiger partial charge in [0.05, 0.1) is 25.2 Å². The summed E-state index contributed by atoms with van der Waals surface area (Å²) in [6.07, 6.45) is 0. The predicted octanol–water partition coefficient (Wildman–Crippen LogP) is 1.82. The molecule has 0 spiro atoms. The fraction of sp³-hybridized carbons (Fsp3) is 0.889. The molecule has 0 radical (unpaired) electrons. The summed E-state index contributed by atoms with van der Waals surface area (Å²) < 4.78 is 5.26. The molecule has 0 aliphatic carbocycles. The molecule has 2 nitrogen and oxygen atoms in total. The summed E-state index contributed by atoms with van der Waals surface area (Å²) in [5.74, 6) is 0.516. The molecule has 0 aromatic carbocycles. The highest BCUT2D eigenvalue weighted by atomic mass is 16.5. The summed E-state index contributed by atoms with van der Waals surface area (Å²) >= 11 is 0. The van der Waals surface area contributed by atoms with Gasteiger partial charge in [-0.3, -0.25) is 0 Å². The monoisotopic (exact) mass is 153 g/mol. The molecule has 1 heterocycles. The maximum atomic E-state index is 8.77. The second-order valence-electron chi connectivity index (χ2n) is 4.25. The number of rotatable bonds is 0. The van der Waals surface area contributed by atoms with Gasteiger partial charge in [0.2, 0.25) is 0 Å². The molecular formula is C9H15NO. The molecule has 0 aromatic heterocycles. The van der Waals surface area contributed by atoms with Gasteiger partial charge in [0.25, 0.3) is 0 Å². The summed E-state index contributed by atoms with van der Waals surface area (Å²) in [6, 6.07) is 2.30. The lowest BCUT2D eigenvalue weighted by Crippen LogP contribution is -2.26. The molecule has 1 fully saturated rings. The zero-order valence-electron chi connectivity index (χ0n) is 7.42. The average Bonchev–Trinajstić information content (AvgIpc) is 2.31. The first-order valence-electron chi connectivity index (χ1n) is 4.03. The van der Waals surface area contributed by atoms with E-state index in [2.05, 4.69) is 26.8 Å². The number of hydrogen-bond acceptors (Lipinski definition) is 2. The Morgan fingerprint density at radius 3 is 2.36 bits per heavy atom. The van der Waals surface area contributed by atoms with Gasteiger partial charge in [0, 0.05) is 5.92 Å². The maximum absolute atomic E-state index is 8.77. The first-order valence-corrected chi connectivity index (χ1v) is 4.03. The van der Waals surface area contributed by atoms with Crippen LogP contribution in [0.1, 0.15) is 20.8 Å². The van der Waals surface area contributed by atoms with E-state index >= 15 is 0 Å². The van der Waals surface area contributed by atoms with Crippen LogP contribution in [0.25, 0.3) is 0 Å². The smallest absolute Gasteiger partial charge is 0.0752 e. The van der Waals surface area contributed by atoms with E-state index in [-0.39, 0.29) is 11.3 Å². The third kappa shape index (κ3) is 1.72. The van der Waals surface area contributed by atoms with Crippen molar-refractivity contribution >= 4 is 0 Å². The van der Waals surface area contributed by atoms with Gasteiger partial charge >= 0.3 is 0 Å². The Labute approximate surface area is 68.2 Å². The van der Waals surface area contributed by atoms with Crippen LogP contribution in [0.4, 0.5) is 0 Å². The topological polar surface area (TPSA) is 33.0 Å². The maximum Gasteiger partial charge on any atom is 0.0752 e. The van der Waals surface area contributed by atoms with Gasteiger partial charge in [0.15, 0.2) is 0 Å². The Kier molecular flexibility index (Phi) is 2.20. The lowest BCUT2D eigenvalue weighted by atomic mass is 9.75. The second-order valence-corrected chi connectivity index (χ2v) is 4.25. The highest BCUT2D eigenvalue weighted by Crippen LogP contribution is 2.35. The summed E-state index contributed by atoms with van der Waals surface area (Å²) in [5.41, 5.74) is 0.205. The summed E-state index contributed by atoms with van der Waals surface area (Å²) in [5, 5.41) is 8.77. The average molecular weight is 153 g/mol. The van der Waals surface area contributed by atoms with Crippen molar-refractivity contribution in [3.63, 3.8) is 0 Å². The normalized spacial score (nSPS) is 31.8. The first-order chi connectivity index (χ1) is 5.05. The number of hydrogen-bond donors (Lipinski definition) is 0. The zero-order chi connectivity index (χ0) is 8.48. The minimum Gasteiger partial charge on any atom is -0.380 e. The van der Waals surface area contributed by atoms with Crippen LogP contribution >= 0.6 is 0 Å². The highest BCUT2D eigenvalue weighted by molar-refractivity contribution is 4.95.